The number of carbonyl (C=O) groups is 1. The Labute approximate surface area is 108 Å². The maximum Gasteiger partial charge on any atom is 0.305 e. The van der Waals surface area contributed by atoms with Crippen LogP contribution in [0.1, 0.15) is 19.3 Å². The molecule has 0 aromatic rings. The van der Waals surface area contributed by atoms with E-state index in [4.69, 9.17) is 4.74 Å². The smallest absolute Gasteiger partial charge is 0.305 e. The fraction of sp³-hybridized carbons (Fsp3) is 0.900. The summed E-state index contributed by atoms with van der Waals surface area (Å²) < 4.78 is 34.4. The highest BCUT2D eigenvalue weighted by atomic mass is 32.2. The minimum atomic E-state index is -3.41. The minimum Gasteiger partial charge on any atom is -0.469 e. The highest BCUT2D eigenvalue weighted by Crippen LogP contribution is 1.97. The van der Waals surface area contributed by atoms with Crippen LogP contribution in [0.25, 0.3) is 0 Å². The van der Waals surface area contributed by atoms with Crippen LogP contribution in [-0.4, -0.2) is 58.7 Å². The van der Waals surface area contributed by atoms with Crippen molar-refractivity contribution in [1.82, 2.24) is 4.72 Å². The lowest BCUT2D eigenvalue weighted by molar-refractivity contribution is -0.140. The zero-order valence-electron chi connectivity index (χ0n) is 10.7. The van der Waals surface area contributed by atoms with E-state index in [1.165, 1.54) is 14.2 Å². The van der Waals surface area contributed by atoms with Crippen LogP contribution in [0.15, 0.2) is 0 Å². The molecule has 0 aliphatic rings. The largest absolute Gasteiger partial charge is 0.469 e. The SMILES string of the molecule is COCC(O)CCNS(=O)(=O)CCCC(=O)OC. The first kappa shape index (κ1) is 17.3. The van der Waals surface area contributed by atoms with Gasteiger partial charge in [0.25, 0.3) is 0 Å². The van der Waals surface area contributed by atoms with E-state index < -0.39 is 22.1 Å². The summed E-state index contributed by atoms with van der Waals surface area (Å²) in [4.78, 5) is 10.8. The average molecular weight is 283 g/mol. The molecule has 0 spiro atoms. The van der Waals surface area contributed by atoms with Crippen molar-refractivity contribution in [3.05, 3.63) is 0 Å². The molecule has 0 amide bonds. The molecule has 7 nitrogen and oxygen atoms in total. The molecule has 1 atom stereocenters. The van der Waals surface area contributed by atoms with Crippen molar-refractivity contribution < 1.29 is 27.8 Å². The molecule has 0 aliphatic heterocycles. The Balaban J connectivity index is 3.77. The average Bonchev–Trinajstić information content (AvgIpc) is 2.28. The van der Waals surface area contributed by atoms with Crippen molar-refractivity contribution in [2.75, 3.05) is 33.1 Å². The number of ether oxygens (including phenoxy) is 2. The molecule has 0 heterocycles. The Morgan fingerprint density at radius 1 is 1.39 bits per heavy atom. The lowest BCUT2D eigenvalue weighted by atomic mass is 10.3. The van der Waals surface area contributed by atoms with E-state index in [1.807, 2.05) is 0 Å². The quantitative estimate of drug-likeness (QED) is 0.512. The van der Waals surface area contributed by atoms with Crippen molar-refractivity contribution >= 4 is 16.0 Å². The second-order valence-electron chi connectivity index (χ2n) is 3.79. The highest BCUT2D eigenvalue weighted by Gasteiger charge is 2.12. The van der Waals surface area contributed by atoms with Crippen molar-refractivity contribution in [3.8, 4) is 0 Å². The fourth-order valence-electron chi connectivity index (χ4n) is 1.24. The first-order valence-electron chi connectivity index (χ1n) is 5.62. The van der Waals surface area contributed by atoms with Gasteiger partial charge in [0.15, 0.2) is 0 Å². The summed E-state index contributed by atoms with van der Waals surface area (Å²) in [5.41, 5.74) is 0. The fourth-order valence-corrected chi connectivity index (χ4v) is 2.34. The van der Waals surface area contributed by atoms with Gasteiger partial charge in [-0.05, 0) is 12.8 Å². The van der Waals surface area contributed by atoms with Crippen LogP contribution in [-0.2, 0) is 24.3 Å². The molecule has 1 unspecified atom stereocenters. The molecule has 0 aliphatic carbocycles. The van der Waals surface area contributed by atoms with Crippen molar-refractivity contribution in [3.63, 3.8) is 0 Å². The maximum absolute atomic E-state index is 11.5. The predicted octanol–water partition coefficient (Wildman–Crippen LogP) is -0.744. The molecule has 108 valence electrons. The lowest BCUT2D eigenvalue weighted by Gasteiger charge is -2.10. The van der Waals surface area contributed by atoms with E-state index in [2.05, 4.69) is 9.46 Å². The highest BCUT2D eigenvalue weighted by molar-refractivity contribution is 7.89. The molecule has 0 aromatic carbocycles. The monoisotopic (exact) mass is 283 g/mol. The van der Waals surface area contributed by atoms with Gasteiger partial charge in [0.05, 0.1) is 25.6 Å². The zero-order valence-corrected chi connectivity index (χ0v) is 11.5. The first-order valence-corrected chi connectivity index (χ1v) is 7.27. The number of carbonyl (C=O) groups excluding carboxylic acids is 1. The molecule has 0 saturated heterocycles. The maximum atomic E-state index is 11.5. The Morgan fingerprint density at radius 3 is 2.61 bits per heavy atom. The summed E-state index contributed by atoms with van der Waals surface area (Å²) in [6.07, 6.45) is -0.121. The van der Waals surface area contributed by atoms with Crippen molar-refractivity contribution in [2.24, 2.45) is 0 Å². The van der Waals surface area contributed by atoms with E-state index in [0.717, 1.165) is 0 Å². The summed E-state index contributed by atoms with van der Waals surface area (Å²) in [5, 5.41) is 9.31. The van der Waals surface area contributed by atoms with E-state index in [9.17, 15) is 18.3 Å². The molecule has 2 N–H and O–H groups in total. The third-order valence-electron chi connectivity index (χ3n) is 2.18. The molecular formula is C10H21NO6S. The second-order valence-corrected chi connectivity index (χ2v) is 5.72. The zero-order chi connectivity index (χ0) is 14.0. The lowest BCUT2D eigenvalue weighted by Crippen LogP contribution is -2.30. The van der Waals surface area contributed by atoms with Gasteiger partial charge in [-0.3, -0.25) is 4.79 Å². The Hall–Kier alpha value is -0.700. The van der Waals surface area contributed by atoms with Gasteiger partial charge in [0.2, 0.25) is 10.0 Å². The molecule has 8 heteroatoms. The number of hydrogen-bond donors (Lipinski definition) is 2. The van der Waals surface area contributed by atoms with Gasteiger partial charge in [-0.25, -0.2) is 13.1 Å². The number of aliphatic hydroxyl groups excluding tert-OH is 1. The topological polar surface area (TPSA) is 102 Å². The summed E-state index contributed by atoms with van der Waals surface area (Å²) in [5.74, 6) is -0.566. The molecule has 0 fully saturated rings. The van der Waals surface area contributed by atoms with Crippen molar-refractivity contribution in [2.45, 2.75) is 25.4 Å². The van der Waals surface area contributed by atoms with Gasteiger partial charge in [-0.2, -0.15) is 0 Å². The van der Waals surface area contributed by atoms with Gasteiger partial charge in [-0.15, -0.1) is 0 Å². The number of rotatable bonds is 10. The van der Waals surface area contributed by atoms with E-state index in [-0.39, 0.29) is 38.2 Å². The number of sulfonamides is 1. The van der Waals surface area contributed by atoms with Crippen LogP contribution in [0.3, 0.4) is 0 Å². The van der Waals surface area contributed by atoms with Crippen LogP contribution in [0.2, 0.25) is 0 Å². The minimum absolute atomic E-state index is 0.0731. The summed E-state index contributed by atoms with van der Waals surface area (Å²) in [6.45, 7) is 0.315. The van der Waals surface area contributed by atoms with Gasteiger partial charge in [0.1, 0.15) is 0 Å². The molecule has 18 heavy (non-hydrogen) atoms. The van der Waals surface area contributed by atoms with Gasteiger partial charge >= 0.3 is 5.97 Å². The van der Waals surface area contributed by atoms with Crippen LogP contribution in [0, 0.1) is 0 Å². The first-order chi connectivity index (χ1) is 8.41. The second kappa shape index (κ2) is 9.26. The Kier molecular flexibility index (Phi) is 8.90. The standard InChI is InChI=1S/C10H21NO6S/c1-16-8-9(12)5-6-11-18(14,15)7-3-4-10(13)17-2/h9,11-12H,3-8H2,1-2H3. The van der Waals surface area contributed by atoms with Crippen LogP contribution in [0.5, 0.6) is 0 Å². The van der Waals surface area contributed by atoms with E-state index in [1.54, 1.807) is 0 Å². The number of nitrogens with one attached hydrogen (secondary N) is 1. The normalized spacial score (nSPS) is 13.3. The van der Waals surface area contributed by atoms with Crippen LogP contribution >= 0.6 is 0 Å². The Morgan fingerprint density at radius 2 is 2.06 bits per heavy atom. The third kappa shape index (κ3) is 9.34. The van der Waals surface area contributed by atoms with Crippen LogP contribution < -0.4 is 4.72 Å². The summed E-state index contributed by atoms with van der Waals surface area (Å²) >= 11 is 0. The predicted molar refractivity (Wildman–Crippen MR) is 65.5 cm³/mol. The molecular weight excluding hydrogens is 262 g/mol. The molecule has 0 bridgehead atoms. The van der Waals surface area contributed by atoms with Gasteiger partial charge in [0, 0.05) is 20.1 Å². The van der Waals surface area contributed by atoms with E-state index in [0.29, 0.717) is 0 Å². The number of aliphatic hydroxyl groups is 1. The van der Waals surface area contributed by atoms with Gasteiger partial charge < -0.3 is 14.6 Å². The van der Waals surface area contributed by atoms with Gasteiger partial charge in [-0.1, -0.05) is 0 Å². The summed E-state index contributed by atoms with van der Waals surface area (Å²) in [7, 11) is -0.691. The Bertz CT molecular complexity index is 329. The molecule has 0 rings (SSSR count). The molecule has 0 radical (unpaired) electrons. The van der Waals surface area contributed by atoms with Crippen LogP contribution in [0.4, 0.5) is 0 Å². The molecule has 0 aromatic heterocycles. The molecule has 0 saturated carbocycles. The number of hydrogen-bond acceptors (Lipinski definition) is 6. The van der Waals surface area contributed by atoms with Crippen molar-refractivity contribution in [1.29, 1.82) is 0 Å². The third-order valence-corrected chi connectivity index (χ3v) is 3.65. The van der Waals surface area contributed by atoms with E-state index >= 15 is 0 Å². The summed E-state index contributed by atoms with van der Waals surface area (Å²) in [6, 6.07) is 0. The number of esters is 1. The number of methoxy groups -OCH3 is 2.